The fourth-order valence-electron chi connectivity index (χ4n) is 3.53. The van der Waals surface area contributed by atoms with E-state index in [0.717, 1.165) is 40.9 Å². The second kappa shape index (κ2) is 8.45. The van der Waals surface area contributed by atoms with Gasteiger partial charge in [0.2, 0.25) is 0 Å². The van der Waals surface area contributed by atoms with E-state index in [0.29, 0.717) is 24.5 Å². The number of nitrogens with zero attached hydrogens (tertiary/aromatic N) is 2. The van der Waals surface area contributed by atoms with Crippen molar-refractivity contribution in [3.8, 4) is 5.75 Å². The van der Waals surface area contributed by atoms with Gasteiger partial charge in [-0.1, -0.05) is 24.3 Å². The lowest BCUT2D eigenvalue weighted by molar-refractivity contribution is 0.104. The van der Waals surface area contributed by atoms with E-state index in [1.54, 1.807) is 13.2 Å². The smallest absolute Gasteiger partial charge is 0.189 e. The molecule has 1 fully saturated rings. The summed E-state index contributed by atoms with van der Waals surface area (Å²) in [6.45, 7) is 4.90. The molecule has 148 valence electrons. The molecule has 0 aliphatic carbocycles. The lowest BCUT2D eigenvalue weighted by atomic mass is 10.0. The number of allylic oxidation sites excluding steroid dienone is 1. The highest BCUT2D eigenvalue weighted by Gasteiger charge is 2.17. The molecule has 0 atom stereocenters. The molecule has 0 radical (unpaired) electrons. The molecule has 1 aliphatic rings. The van der Waals surface area contributed by atoms with Crippen molar-refractivity contribution in [2.24, 2.45) is 0 Å². The van der Waals surface area contributed by atoms with E-state index in [9.17, 15) is 4.79 Å². The van der Waals surface area contributed by atoms with Gasteiger partial charge in [-0.15, -0.1) is 0 Å². The number of anilines is 1. The van der Waals surface area contributed by atoms with Crippen LogP contribution in [-0.4, -0.2) is 44.2 Å². The van der Waals surface area contributed by atoms with Crippen LogP contribution in [0.5, 0.6) is 5.75 Å². The summed E-state index contributed by atoms with van der Waals surface area (Å²) in [4.78, 5) is 19.9. The molecule has 2 aromatic carbocycles. The van der Waals surface area contributed by atoms with Crippen molar-refractivity contribution in [1.82, 2.24) is 4.98 Å². The summed E-state index contributed by atoms with van der Waals surface area (Å²) in [7, 11) is 1.58. The fraction of sp³-hybridized carbons (Fsp3) is 0.250. The van der Waals surface area contributed by atoms with Crippen molar-refractivity contribution < 1.29 is 14.3 Å². The third-order valence-corrected chi connectivity index (χ3v) is 5.08. The van der Waals surface area contributed by atoms with E-state index in [4.69, 9.17) is 14.5 Å². The van der Waals surface area contributed by atoms with Gasteiger partial charge in [-0.25, -0.2) is 4.98 Å². The Morgan fingerprint density at radius 3 is 2.72 bits per heavy atom. The Morgan fingerprint density at radius 2 is 1.93 bits per heavy atom. The van der Waals surface area contributed by atoms with Crippen LogP contribution in [0.4, 0.5) is 5.82 Å². The molecule has 5 nitrogen and oxygen atoms in total. The van der Waals surface area contributed by atoms with Crippen LogP contribution < -0.4 is 9.64 Å². The number of aromatic nitrogens is 1. The predicted molar refractivity (Wildman–Crippen MR) is 116 cm³/mol. The molecule has 3 aromatic rings. The Labute approximate surface area is 170 Å². The number of hydrogen-bond acceptors (Lipinski definition) is 5. The number of ketones is 1. The third kappa shape index (κ3) is 4.15. The summed E-state index contributed by atoms with van der Waals surface area (Å²) >= 11 is 0. The number of rotatable bonds is 5. The summed E-state index contributed by atoms with van der Waals surface area (Å²) in [5.41, 5.74) is 3.47. The minimum absolute atomic E-state index is 0.0945. The Morgan fingerprint density at radius 1 is 1.14 bits per heavy atom. The van der Waals surface area contributed by atoms with Crippen LogP contribution in [0.25, 0.3) is 17.0 Å². The average Bonchev–Trinajstić information content (AvgIpc) is 2.77. The van der Waals surface area contributed by atoms with E-state index in [1.807, 2.05) is 55.5 Å². The van der Waals surface area contributed by atoms with E-state index in [1.165, 1.54) is 0 Å². The van der Waals surface area contributed by atoms with Gasteiger partial charge in [0.25, 0.3) is 0 Å². The number of methoxy groups -OCH3 is 1. The summed E-state index contributed by atoms with van der Waals surface area (Å²) in [5.74, 6) is 1.37. The van der Waals surface area contributed by atoms with Crippen LogP contribution in [0.2, 0.25) is 0 Å². The van der Waals surface area contributed by atoms with Crippen LogP contribution in [0, 0.1) is 6.92 Å². The Kier molecular flexibility index (Phi) is 5.58. The quantitative estimate of drug-likeness (QED) is 0.482. The maximum Gasteiger partial charge on any atom is 0.189 e. The largest absolute Gasteiger partial charge is 0.496 e. The molecule has 2 heterocycles. The standard InChI is InChI=1S/C24H24N2O3/c1-17-7-9-20(23(15-17)28-2)22(27)10-8-19-16-18-5-3-4-6-21(18)25-24(19)26-11-13-29-14-12-26/h3-10,15-16H,11-14H2,1-2H3/b10-8+. The first-order valence-electron chi connectivity index (χ1n) is 9.75. The number of aryl methyl sites for hydroxylation is 1. The molecule has 29 heavy (non-hydrogen) atoms. The van der Waals surface area contributed by atoms with Crippen LogP contribution in [0.15, 0.2) is 54.6 Å². The van der Waals surface area contributed by atoms with Crippen LogP contribution in [-0.2, 0) is 4.74 Å². The second-order valence-corrected chi connectivity index (χ2v) is 7.09. The van der Waals surface area contributed by atoms with E-state index < -0.39 is 0 Å². The summed E-state index contributed by atoms with van der Waals surface area (Å²) < 4.78 is 10.9. The highest BCUT2D eigenvalue weighted by Crippen LogP contribution is 2.27. The number of benzene rings is 2. The van der Waals surface area contributed by atoms with Crippen LogP contribution in [0.1, 0.15) is 21.5 Å². The number of pyridine rings is 1. The van der Waals surface area contributed by atoms with Crippen LogP contribution in [0.3, 0.4) is 0 Å². The predicted octanol–water partition coefficient (Wildman–Crippen LogP) is 4.28. The first kappa shape index (κ1) is 19.2. The Bertz CT molecular complexity index is 1070. The summed E-state index contributed by atoms with van der Waals surface area (Å²) in [6.07, 6.45) is 3.45. The van der Waals surface area contributed by atoms with Crippen LogP contribution >= 0.6 is 0 Å². The van der Waals surface area contributed by atoms with Gasteiger partial charge in [0.05, 0.1) is 31.4 Å². The molecule has 1 aliphatic heterocycles. The number of fused-ring (bicyclic) bond motifs is 1. The van der Waals surface area contributed by atoms with Gasteiger partial charge in [-0.3, -0.25) is 4.79 Å². The molecule has 0 unspecified atom stereocenters. The molecule has 1 aromatic heterocycles. The number of ether oxygens (including phenoxy) is 2. The molecule has 0 saturated carbocycles. The topological polar surface area (TPSA) is 51.7 Å². The molecule has 0 amide bonds. The molecule has 4 rings (SSSR count). The first-order chi connectivity index (χ1) is 14.2. The minimum atomic E-state index is -0.0945. The molecule has 0 bridgehead atoms. The first-order valence-corrected chi connectivity index (χ1v) is 9.75. The van der Waals surface area contributed by atoms with Crippen molar-refractivity contribution in [1.29, 1.82) is 0 Å². The lowest BCUT2D eigenvalue weighted by Gasteiger charge is -2.29. The van der Waals surface area contributed by atoms with Gasteiger partial charge >= 0.3 is 0 Å². The van der Waals surface area contributed by atoms with Crippen molar-refractivity contribution in [3.63, 3.8) is 0 Å². The lowest BCUT2D eigenvalue weighted by Crippen LogP contribution is -2.37. The molecule has 0 N–H and O–H groups in total. The molecular weight excluding hydrogens is 364 g/mol. The normalized spacial score (nSPS) is 14.5. The number of para-hydroxylation sites is 1. The van der Waals surface area contributed by atoms with Gasteiger partial charge in [0.15, 0.2) is 5.78 Å². The van der Waals surface area contributed by atoms with Crippen molar-refractivity contribution in [2.45, 2.75) is 6.92 Å². The van der Waals surface area contributed by atoms with Crippen molar-refractivity contribution >= 4 is 28.6 Å². The van der Waals surface area contributed by atoms with Crippen molar-refractivity contribution in [2.75, 3.05) is 38.3 Å². The summed E-state index contributed by atoms with van der Waals surface area (Å²) in [5, 5.41) is 1.05. The SMILES string of the molecule is COc1cc(C)ccc1C(=O)/C=C/c1cc2ccccc2nc1N1CCOCC1. The van der Waals surface area contributed by atoms with E-state index >= 15 is 0 Å². The third-order valence-electron chi connectivity index (χ3n) is 5.08. The number of carbonyl (C=O) groups is 1. The monoisotopic (exact) mass is 388 g/mol. The maximum absolute atomic E-state index is 12.8. The van der Waals surface area contributed by atoms with Gasteiger partial charge in [0.1, 0.15) is 11.6 Å². The van der Waals surface area contributed by atoms with Gasteiger partial charge in [-0.05, 0) is 48.9 Å². The van der Waals surface area contributed by atoms with Gasteiger partial charge in [-0.2, -0.15) is 0 Å². The highest BCUT2D eigenvalue weighted by molar-refractivity contribution is 6.09. The zero-order chi connectivity index (χ0) is 20.2. The van der Waals surface area contributed by atoms with E-state index in [2.05, 4.69) is 11.0 Å². The average molecular weight is 388 g/mol. The Balaban J connectivity index is 1.71. The molecule has 0 spiro atoms. The number of morpholine rings is 1. The molecule has 1 saturated heterocycles. The second-order valence-electron chi connectivity index (χ2n) is 7.09. The number of carbonyl (C=O) groups excluding carboxylic acids is 1. The van der Waals surface area contributed by atoms with Crippen molar-refractivity contribution in [3.05, 3.63) is 71.3 Å². The zero-order valence-corrected chi connectivity index (χ0v) is 16.7. The van der Waals surface area contributed by atoms with E-state index in [-0.39, 0.29) is 5.78 Å². The molecular formula is C24H24N2O3. The summed E-state index contributed by atoms with van der Waals surface area (Å²) in [6, 6.07) is 15.7. The zero-order valence-electron chi connectivity index (χ0n) is 16.7. The number of hydrogen-bond donors (Lipinski definition) is 0. The highest BCUT2D eigenvalue weighted by atomic mass is 16.5. The minimum Gasteiger partial charge on any atom is -0.496 e. The Hall–Kier alpha value is -3.18. The molecule has 5 heteroatoms. The van der Waals surface area contributed by atoms with Gasteiger partial charge < -0.3 is 14.4 Å². The fourth-order valence-corrected chi connectivity index (χ4v) is 3.53. The van der Waals surface area contributed by atoms with Gasteiger partial charge in [0, 0.05) is 24.0 Å². The maximum atomic E-state index is 12.8.